The molecule has 10 heteroatoms. The number of rotatable bonds is 5. The lowest BCUT2D eigenvalue weighted by Crippen LogP contribution is -2.69. The van der Waals surface area contributed by atoms with Gasteiger partial charge in [-0.2, -0.15) is 0 Å². The Morgan fingerprint density at radius 2 is 1.90 bits per heavy atom. The van der Waals surface area contributed by atoms with Gasteiger partial charge in [-0.1, -0.05) is 70.5 Å². The zero-order valence-corrected chi connectivity index (χ0v) is 26.0. The molecule has 2 N–H and O–H groups in total. The molecular weight excluding hydrogens is 596 g/mol. The van der Waals surface area contributed by atoms with E-state index in [0.717, 1.165) is 15.0 Å². The van der Waals surface area contributed by atoms with Gasteiger partial charge in [0.15, 0.2) is 18.1 Å². The van der Waals surface area contributed by atoms with Crippen LogP contribution in [0, 0.1) is 32.4 Å². The lowest BCUT2D eigenvalue weighted by atomic mass is 9.44. The molecule has 222 valence electrons. The number of ether oxygens (including phenoxy) is 1. The molecule has 0 amide bonds. The average molecular weight is 629 g/mol. The van der Waals surface area contributed by atoms with Crippen molar-refractivity contribution in [2.45, 2.75) is 63.8 Å². The molecule has 8 atom stereocenters. The predicted molar refractivity (Wildman–Crippen MR) is 162 cm³/mol. The molecule has 3 fully saturated rings. The van der Waals surface area contributed by atoms with Crippen LogP contribution in [0.5, 0.6) is 0 Å². The van der Waals surface area contributed by atoms with Gasteiger partial charge in [-0.3, -0.25) is 9.59 Å². The Morgan fingerprint density at radius 1 is 1.19 bits per heavy atom. The maximum absolute atomic E-state index is 17.3. The molecule has 0 saturated heterocycles. The van der Waals surface area contributed by atoms with Crippen molar-refractivity contribution in [2.75, 3.05) is 6.61 Å². The molecule has 4 aliphatic carbocycles. The van der Waals surface area contributed by atoms with Crippen LogP contribution in [0.25, 0.3) is 11.1 Å². The van der Waals surface area contributed by atoms with E-state index in [9.17, 15) is 24.6 Å². The monoisotopic (exact) mass is 628 g/mol. The Kier molecular flexibility index (Phi) is 7.13. The number of ketones is 2. The topological polar surface area (TPSA) is 101 Å². The molecule has 0 unspecified atom stereocenters. The highest BCUT2D eigenvalue weighted by atomic mass is 32.9. The van der Waals surface area contributed by atoms with Gasteiger partial charge in [0.2, 0.25) is 5.78 Å². The number of Topliss-reactive ketones (excluding diaryl/α,β-unsaturated/α-hetero) is 1. The summed E-state index contributed by atoms with van der Waals surface area (Å²) in [6.07, 6.45) is 4.12. The fourth-order valence-corrected chi connectivity index (χ4v) is 11.0. The molecule has 0 aliphatic heterocycles. The lowest BCUT2D eigenvalue weighted by Gasteiger charge is -2.62. The third-order valence-corrected chi connectivity index (χ3v) is 13.6. The molecule has 3 saturated carbocycles. The summed E-state index contributed by atoms with van der Waals surface area (Å²) in [5.41, 5.74) is -3.51. The number of benzene rings is 1. The molecule has 1 aromatic carbocycles. The zero-order valence-electron chi connectivity index (χ0n) is 23.6. The maximum atomic E-state index is 17.3. The molecule has 0 bridgehead atoms. The first-order valence-corrected chi connectivity index (χ1v) is 16.8. The second-order valence-electron chi connectivity index (χ2n) is 12.7. The number of aliphatic hydroxyl groups excluding tert-OH is 1. The van der Waals surface area contributed by atoms with Crippen molar-refractivity contribution in [3.05, 3.63) is 62.8 Å². The summed E-state index contributed by atoms with van der Waals surface area (Å²) in [7, 11) is 3.04. The van der Waals surface area contributed by atoms with E-state index in [1.54, 1.807) is 61.5 Å². The fraction of sp³-hybridized carbons (Fsp3) is 0.500. The molecule has 6 rings (SSSR count). The average Bonchev–Trinajstić information content (AvgIpc) is 3.47. The molecular formula is C32H33FO6S3. The van der Waals surface area contributed by atoms with Gasteiger partial charge in [-0.25, -0.2) is 9.18 Å². The molecule has 4 aliphatic rings. The second kappa shape index (κ2) is 10.1. The first kappa shape index (κ1) is 29.7. The predicted octanol–water partition coefficient (Wildman–Crippen LogP) is 6.28. The summed E-state index contributed by atoms with van der Waals surface area (Å²) in [4.78, 5) is 38.6. The van der Waals surface area contributed by atoms with Crippen LogP contribution in [0.1, 0.15) is 56.8 Å². The van der Waals surface area contributed by atoms with Crippen molar-refractivity contribution in [1.29, 1.82) is 0 Å². The number of allylic oxidation sites excluding steroid dienone is 4. The summed E-state index contributed by atoms with van der Waals surface area (Å²) in [6.45, 7) is 4.62. The van der Waals surface area contributed by atoms with Crippen LogP contribution in [0.15, 0.2) is 53.4 Å². The van der Waals surface area contributed by atoms with Crippen LogP contribution in [0.2, 0.25) is 0 Å². The van der Waals surface area contributed by atoms with Gasteiger partial charge in [0, 0.05) is 27.7 Å². The third kappa shape index (κ3) is 3.98. The lowest BCUT2D eigenvalue weighted by molar-refractivity contribution is -0.219. The highest BCUT2D eigenvalue weighted by molar-refractivity contribution is 7.79. The number of fused-ring (bicyclic) bond motifs is 5. The summed E-state index contributed by atoms with van der Waals surface area (Å²) in [6, 6.07) is 6.77. The Bertz CT molecular complexity index is 1590. The van der Waals surface area contributed by atoms with Crippen LogP contribution >= 0.6 is 32.9 Å². The van der Waals surface area contributed by atoms with Gasteiger partial charge in [0.25, 0.3) is 0 Å². The first-order valence-electron chi connectivity index (χ1n) is 14.2. The summed E-state index contributed by atoms with van der Waals surface area (Å²) >= 11 is 5.35. The molecule has 1 aromatic heterocycles. The van der Waals surface area contributed by atoms with Crippen LogP contribution in [0.4, 0.5) is 4.39 Å². The van der Waals surface area contributed by atoms with E-state index >= 15 is 4.39 Å². The van der Waals surface area contributed by atoms with E-state index in [1.807, 2.05) is 5.38 Å². The van der Waals surface area contributed by atoms with Crippen molar-refractivity contribution >= 4 is 50.4 Å². The van der Waals surface area contributed by atoms with Gasteiger partial charge < -0.3 is 14.9 Å². The smallest absolute Gasteiger partial charge is 0.338 e. The number of hydrogen-bond acceptors (Lipinski definition) is 9. The minimum absolute atomic E-state index is 0.133. The summed E-state index contributed by atoms with van der Waals surface area (Å²) in [5, 5.41) is 25.6. The van der Waals surface area contributed by atoms with Crippen LogP contribution in [0.3, 0.4) is 0 Å². The van der Waals surface area contributed by atoms with E-state index in [1.165, 1.54) is 22.5 Å². The molecule has 1 heterocycles. The van der Waals surface area contributed by atoms with Crippen molar-refractivity contribution in [1.82, 2.24) is 0 Å². The van der Waals surface area contributed by atoms with Crippen LogP contribution in [-0.2, 0) is 14.3 Å². The Balaban J connectivity index is 1.22. The van der Waals surface area contributed by atoms with E-state index in [2.05, 4.69) is 0 Å². The number of alkyl halides is 1. The molecule has 2 aromatic rings. The van der Waals surface area contributed by atoms with Gasteiger partial charge in [-0.05, 0) is 74.3 Å². The van der Waals surface area contributed by atoms with Crippen molar-refractivity contribution in [3.63, 3.8) is 0 Å². The minimum atomic E-state index is -2.05. The van der Waals surface area contributed by atoms with Crippen molar-refractivity contribution < 1.29 is 33.7 Å². The third-order valence-electron chi connectivity index (χ3n) is 10.9. The number of halogens is 1. The molecule has 0 radical (unpaired) electrons. The second-order valence-corrected chi connectivity index (χ2v) is 15.5. The van der Waals surface area contributed by atoms with E-state index < -0.39 is 64.3 Å². The van der Waals surface area contributed by atoms with Gasteiger partial charge in [0.1, 0.15) is 9.42 Å². The quantitative estimate of drug-likeness (QED) is 0.228. The summed E-state index contributed by atoms with van der Waals surface area (Å²) in [5.74, 6) is -3.09. The van der Waals surface area contributed by atoms with Gasteiger partial charge in [-0.15, -0.1) is 0 Å². The highest BCUT2D eigenvalue weighted by Gasteiger charge is 2.75. The standard InChI is InChI=1S/C32H33FO6S3/c1-17-12-24-23-9-8-20-13-21(34)10-11-29(20,2)31(23,33)25(35)14-30(24,3)32(17,38)26(36)15-39-27(37)19-6-4-18(5-7-19)22-16-41-42-28(22)40/h4-7,10-11,13,16-17,23-25,35,38H,8-9,12,14-15H2,1-3H3/t17-,23+,24+,25+,29+,30+,31+,32+/m1/s1. The largest absolute Gasteiger partial charge is 0.454 e. The van der Waals surface area contributed by atoms with Crippen molar-refractivity contribution in [2.24, 2.45) is 28.6 Å². The SMILES string of the molecule is C[C@@H]1C[C@H]2[C@@H]3CCC4=CC(=O)C=C[C@]4(C)[C@@]3(F)[C@@H](O)C[C@]2(C)[C@@]1(O)C(=O)COC(=O)c1ccc(-c2cssc2=S)cc1. The van der Waals surface area contributed by atoms with E-state index in [-0.39, 0.29) is 17.8 Å². The number of carbonyl (C=O) groups is 3. The Hall–Kier alpha value is -2.37. The molecule has 42 heavy (non-hydrogen) atoms. The zero-order chi connectivity index (χ0) is 30.2. The van der Waals surface area contributed by atoms with Crippen LogP contribution < -0.4 is 0 Å². The first-order chi connectivity index (χ1) is 19.8. The Morgan fingerprint density at radius 3 is 2.57 bits per heavy atom. The maximum Gasteiger partial charge on any atom is 0.338 e. The number of aliphatic hydroxyl groups is 2. The highest BCUT2D eigenvalue weighted by Crippen LogP contribution is 2.70. The van der Waals surface area contributed by atoms with E-state index in [0.29, 0.717) is 24.8 Å². The minimum Gasteiger partial charge on any atom is -0.454 e. The number of hydrogen-bond donors (Lipinski definition) is 2. The van der Waals surface area contributed by atoms with Crippen molar-refractivity contribution in [3.8, 4) is 11.1 Å². The van der Waals surface area contributed by atoms with Gasteiger partial charge in [0.05, 0.1) is 11.7 Å². The van der Waals surface area contributed by atoms with Crippen LogP contribution in [-0.4, -0.2) is 51.7 Å². The normalized spacial score (nSPS) is 38.7. The number of esters is 1. The molecule has 6 nitrogen and oxygen atoms in total. The molecule has 0 spiro atoms. The van der Waals surface area contributed by atoms with E-state index in [4.69, 9.17) is 17.0 Å². The Labute approximate surface area is 256 Å². The summed E-state index contributed by atoms with van der Waals surface area (Å²) < 4.78 is 23.5. The fourth-order valence-electron chi connectivity index (χ4n) is 8.65. The number of carbonyl (C=O) groups excluding carboxylic acids is 3. The van der Waals surface area contributed by atoms with Gasteiger partial charge >= 0.3 is 5.97 Å².